The monoisotopic (exact) mass is 444 g/mol. The molecule has 5 rings (SSSR count). The van der Waals surface area contributed by atoms with Crippen LogP contribution in [0, 0.1) is 0 Å². The molecule has 4 N–H and O–H groups in total. The number of primary amides is 1. The van der Waals surface area contributed by atoms with Crippen molar-refractivity contribution < 1.29 is 19.1 Å². The Hall–Kier alpha value is -3.91. The van der Waals surface area contributed by atoms with Gasteiger partial charge in [-0.05, 0) is 31.0 Å². The van der Waals surface area contributed by atoms with Crippen LogP contribution in [-0.2, 0) is 9.47 Å². The number of para-hydroxylation sites is 1. The Morgan fingerprint density at radius 2 is 1.97 bits per heavy atom. The lowest BCUT2D eigenvalue weighted by atomic mass is 9.98. The van der Waals surface area contributed by atoms with E-state index in [2.05, 4.69) is 15.3 Å². The molecular weight excluding hydrogens is 420 g/mol. The van der Waals surface area contributed by atoms with Crippen LogP contribution in [-0.4, -0.2) is 48.2 Å². The molecule has 33 heavy (non-hydrogen) atoms. The number of pyridine rings is 1. The van der Waals surface area contributed by atoms with E-state index in [-0.39, 0.29) is 11.7 Å². The number of nitrogens with two attached hydrogens (primary N) is 1. The quantitative estimate of drug-likeness (QED) is 0.402. The minimum absolute atomic E-state index is 0.170. The molecule has 8 nitrogen and oxygen atoms in total. The second-order valence-electron chi connectivity index (χ2n) is 8.09. The molecule has 0 bridgehead atoms. The topological polar surface area (TPSA) is 119 Å². The van der Waals surface area contributed by atoms with Crippen LogP contribution in [0.3, 0.4) is 0 Å². The molecule has 0 atom stereocenters. The third-order valence-electron chi connectivity index (χ3n) is 6.08. The molecule has 3 heterocycles. The third kappa shape index (κ3) is 3.78. The van der Waals surface area contributed by atoms with Gasteiger partial charge in [0.1, 0.15) is 0 Å². The van der Waals surface area contributed by atoms with E-state index in [9.17, 15) is 9.59 Å². The number of nitrogens with one attached hydrogen (secondary N) is 2. The molecular formula is C25H24N4O4. The Morgan fingerprint density at radius 1 is 1.18 bits per heavy atom. The number of benzene rings is 2. The van der Waals surface area contributed by atoms with Gasteiger partial charge in [-0.15, -0.1) is 0 Å². The van der Waals surface area contributed by atoms with Crippen LogP contribution in [0.2, 0.25) is 0 Å². The molecule has 168 valence electrons. The van der Waals surface area contributed by atoms with Gasteiger partial charge in [0.2, 0.25) is 0 Å². The van der Waals surface area contributed by atoms with Gasteiger partial charge in [0.15, 0.2) is 5.69 Å². The number of anilines is 1. The summed E-state index contributed by atoms with van der Waals surface area (Å²) in [6, 6.07) is 13.5. The van der Waals surface area contributed by atoms with Gasteiger partial charge in [-0.25, -0.2) is 9.78 Å². The maximum atomic E-state index is 12.5. The van der Waals surface area contributed by atoms with Crippen LogP contribution in [0.15, 0.2) is 48.7 Å². The van der Waals surface area contributed by atoms with Gasteiger partial charge in [-0.3, -0.25) is 4.79 Å². The number of H-pyrrole nitrogens is 1. The van der Waals surface area contributed by atoms with Crippen LogP contribution in [0.5, 0.6) is 0 Å². The van der Waals surface area contributed by atoms with E-state index in [1.807, 2.05) is 36.4 Å². The maximum Gasteiger partial charge on any atom is 0.338 e. The number of amides is 1. The highest BCUT2D eigenvalue weighted by Crippen LogP contribution is 2.37. The fourth-order valence-electron chi connectivity index (χ4n) is 4.46. The van der Waals surface area contributed by atoms with E-state index >= 15 is 0 Å². The number of esters is 1. The van der Waals surface area contributed by atoms with E-state index < -0.39 is 11.9 Å². The molecule has 2 aromatic heterocycles. The Kier molecular flexibility index (Phi) is 5.43. The summed E-state index contributed by atoms with van der Waals surface area (Å²) < 4.78 is 10.5. The largest absolute Gasteiger partial charge is 0.465 e. The van der Waals surface area contributed by atoms with Crippen molar-refractivity contribution in [1.29, 1.82) is 0 Å². The van der Waals surface area contributed by atoms with Gasteiger partial charge in [0.05, 0.1) is 23.9 Å². The predicted molar refractivity (Wildman–Crippen MR) is 126 cm³/mol. The van der Waals surface area contributed by atoms with Gasteiger partial charge in [0, 0.05) is 52.9 Å². The number of carbonyl (C=O) groups is 2. The van der Waals surface area contributed by atoms with Crippen LogP contribution in [0.1, 0.15) is 33.7 Å². The Bertz CT molecular complexity index is 1370. The molecule has 0 unspecified atom stereocenters. The molecule has 1 fully saturated rings. The summed E-state index contributed by atoms with van der Waals surface area (Å²) in [7, 11) is 1.37. The molecule has 0 saturated carbocycles. The van der Waals surface area contributed by atoms with E-state index in [1.54, 1.807) is 12.3 Å². The van der Waals surface area contributed by atoms with Crippen molar-refractivity contribution in [1.82, 2.24) is 9.97 Å². The van der Waals surface area contributed by atoms with Crippen molar-refractivity contribution in [2.45, 2.75) is 18.9 Å². The molecule has 1 aliphatic rings. The number of aromatic amines is 1. The molecule has 0 radical (unpaired) electrons. The molecule has 1 saturated heterocycles. The Morgan fingerprint density at radius 3 is 2.73 bits per heavy atom. The highest BCUT2D eigenvalue weighted by Gasteiger charge is 2.21. The molecule has 0 spiro atoms. The molecule has 8 heteroatoms. The van der Waals surface area contributed by atoms with E-state index in [0.717, 1.165) is 45.8 Å². The van der Waals surface area contributed by atoms with Gasteiger partial charge < -0.3 is 25.5 Å². The van der Waals surface area contributed by atoms with Crippen LogP contribution >= 0.6 is 0 Å². The summed E-state index contributed by atoms with van der Waals surface area (Å²) in [5.41, 5.74) is 10.2. The second kappa shape index (κ2) is 8.55. The van der Waals surface area contributed by atoms with Crippen LogP contribution in [0.4, 0.5) is 5.69 Å². The summed E-state index contributed by atoms with van der Waals surface area (Å²) in [6.45, 7) is 1.34. The van der Waals surface area contributed by atoms with Crippen LogP contribution < -0.4 is 11.1 Å². The minimum Gasteiger partial charge on any atom is -0.465 e. The first kappa shape index (κ1) is 21.0. The second-order valence-corrected chi connectivity index (χ2v) is 8.09. The zero-order valence-corrected chi connectivity index (χ0v) is 18.2. The molecule has 2 aromatic carbocycles. The number of fused-ring (bicyclic) bond motifs is 3. The van der Waals surface area contributed by atoms with Gasteiger partial charge in [0.25, 0.3) is 5.91 Å². The number of methoxy groups -OCH3 is 1. The molecule has 0 aliphatic carbocycles. The normalized spacial score (nSPS) is 14.5. The first-order chi connectivity index (χ1) is 16.1. The SMILES string of the molecule is COC(=O)c1ccc(-c2cnc(C(N)=O)c(NC3CCOCC3)c2)c2[nH]c3ccccc3c12. The fourth-order valence-corrected chi connectivity index (χ4v) is 4.46. The van der Waals surface area contributed by atoms with E-state index in [0.29, 0.717) is 24.5 Å². The minimum atomic E-state index is -0.590. The van der Waals surface area contributed by atoms with Gasteiger partial charge in [-0.2, -0.15) is 0 Å². The molecule has 4 aromatic rings. The van der Waals surface area contributed by atoms with Gasteiger partial charge >= 0.3 is 5.97 Å². The Labute approximate surface area is 190 Å². The van der Waals surface area contributed by atoms with Crippen molar-refractivity contribution in [3.63, 3.8) is 0 Å². The van der Waals surface area contributed by atoms with Crippen molar-refractivity contribution in [3.05, 3.63) is 59.9 Å². The van der Waals surface area contributed by atoms with Crippen molar-refractivity contribution in [2.75, 3.05) is 25.6 Å². The number of nitrogens with zero attached hydrogens (tertiary/aromatic N) is 1. The van der Waals surface area contributed by atoms with Gasteiger partial charge in [-0.1, -0.05) is 24.3 Å². The van der Waals surface area contributed by atoms with E-state index in [4.69, 9.17) is 15.2 Å². The Balaban J connectivity index is 1.68. The molecule has 1 amide bonds. The standard InChI is InChI=1S/C25H24N4O4/c1-32-25(31)18-7-6-16(22-21(18)17-4-2-3-5-19(17)29-22)14-12-20(23(24(26)30)27-13-14)28-15-8-10-33-11-9-15/h2-7,12-13,15,28-29H,8-11H2,1H3,(H2,26,30). The van der Waals surface area contributed by atoms with Crippen LogP contribution in [0.25, 0.3) is 32.9 Å². The maximum absolute atomic E-state index is 12.5. The zero-order chi connectivity index (χ0) is 22.9. The summed E-state index contributed by atoms with van der Waals surface area (Å²) in [5.74, 6) is -0.992. The number of ether oxygens (including phenoxy) is 2. The lowest BCUT2D eigenvalue weighted by Gasteiger charge is -2.25. The number of aromatic nitrogens is 2. The number of rotatable bonds is 5. The lowest BCUT2D eigenvalue weighted by Crippen LogP contribution is -2.29. The summed E-state index contributed by atoms with van der Waals surface area (Å²) in [4.78, 5) is 32.3. The predicted octanol–water partition coefficient (Wildman–Crippen LogP) is 3.86. The number of carbonyl (C=O) groups excluding carboxylic acids is 2. The average Bonchev–Trinajstić information content (AvgIpc) is 3.23. The third-order valence-corrected chi connectivity index (χ3v) is 6.08. The van der Waals surface area contributed by atoms with Crippen molar-refractivity contribution in [3.8, 4) is 11.1 Å². The first-order valence-corrected chi connectivity index (χ1v) is 10.8. The van der Waals surface area contributed by atoms with Crippen molar-refractivity contribution in [2.24, 2.45) is 5.73 Å². The first-order valence-electron chi connectivity index (χ1n) is 10.8. The highest BCUT2D eigenvalue weighted by molar-refractivity contribution is 6.19. The zero-order valence-electron chi connectivity index (χ0n) is 18.2. The number of hydrogen-bond acceptors (Lipinski definition) is 6. The fraction of sp³-hybridized carbons (Fsp3) is 0.240. The summed E-state index contributed by atoms with van der Waals surface area (Å²) in [5, 5.41) is 5.14. The number of hydrogen-bond donors (Lipinski definition) is 3. The summed E-state index contributed by atoms with van der Waals surface area (Å²) >= 11 is 0. The highest BCUT2D eigenvalue weighted by atomic mass is 16.5. The lowest BCUT2D eigenvalue weighted by molar-refractivity contribution is 0.0603. The summed E-state index contributed by atoms with van der Waals surface area (Å²) in [6.07, 6.45) is 3.30. The smallest absolute Gasteiger partial charge is 0.338 e. The van der Waals surface area contributed by atoms with Crippen molar-refractivity contribution >= 4 is 39.4 Å². The average molecular weight is 444 g/mol. The molecule has 1 aliphatic heterocycles. The van der Waals surface area contributed by atoms with E-state index in [1.165, 1.54) is 7.11 Å².